The summed E-state index contributed by atoms with van der Waals surface area (Å²) in [5.74, 6) is 0.776. The lowest BCUT2D eigenvalue weighted by Crippen LogP contribution is -2.31. The van der Waals surface area contributed by atoms with Crippen LogP contribution in [0.15, 0.2) is 10.5 Å². The van der Waals surface area contributed by atoms with E-state index in [1.54, 1.807) is 20.0 Å². The minimum absolute atomic E-state index is 0.399. The Bertz CT molecular complexity index is 401. The fourth-order valence-electron chi connectivity index (χ4n) is 1.20. The lowest BCUT2D eigenvalue weighted by atomic mass is 10.2. The van der Waals surface area contributed by atoms with Gasteiger partial charge in [-0.1, -0.05) is 0 Å². The number of carbonyl (C=O) groups is 1. The maximum absolute atomic E-state index is 11.3. The number of esters is 1. The highest BCUT2D eigenvalue weighted by atomic mass is 32.1. The molecule has 0 spiro atoms. The number of ether oxygens (including phenoxy) is 1. The summed E-state index contributed by atoms with van der Waals surface area (Å²) in [6, 6.07) is 1.65. The molecule has 0 saturated carbocycles. The first-order chi connectivity index (χ1) is 7.58. The highest BCUT2D eigenvalue weighted by molar-refractivity contribution is 7.80. The Labute approximate surface area is 99.1 Å². The average Bonchev–Trinajstić information content (AvgIpc) is 2.66. The smallest absolute Gasteiger partial charge is 0.341 e. The molecule has 1 aromatic rings. The van der Waals surface area contributed by atoms with Crippen LogP contribution in [0.3, 0.4) is 0 Å². The number of furan rings is 1. The molecule has 0 amide bonds. The van der Waals surface area contributed by atoms with E-state index in [0.717, 1.165) is 0 Å². The number of methoxy groups -OCH3 is 1. The first kappa shape index (κ1) is 12.5. The zero-order valence-electron chi connectivity index (χ0n) is 9.42. The molecule has 0 aromatic carbocycles. The van der Waals surface area contributed by atoms with Crippen molar-refractivity contribution in [2.75, 3.05) is 14.2 Å². The summed E-state index contributed by atoms with van der Waals surface area (Å²) in [7, 11) is 3.06. The van der Waals surface area contributed by atoms with E-state index < -0.39 is 5.97 Å². The van der Waals surface area contributed by atoms with Crippen molar-refractivity contribution >= 4 is 23.3 Å². The second-order valence-electron chi connectivity index (χ2n) is 3.11. The zero-order chi connectivity index (χ0) is 12.1. The van der Waals surface area contributed by atoms with Crippen LogP contribution in [0.25, 0.3) is 0 Å². The van der Waals surface area contributed by atoms with E-state index in [2.05, 4.69) is 15.4 Å². The summed E-state index contributed by atoms with van der Waals surface area (Å²) in [5, 5.41) is 6.22. The van der Waals surface area contributed by atoms with Crippen LogP contribution in [-0.4, -0.2) is 25.2 Å². The van der Waals surface area contributed by atoms with Gasteiger partial charge in [0.2, 0.25) is 0 Å². The Morgan fingerprint density at radius 3 is 2.88 bits per heavy atom. The van der Waals surface area contributed by atoms with Gasteiger partial charge in [-0.25, -0.2) is 4.79 Å². The number of hydrogen-bond acceptors (Lipinski definition) is 4. The van der Waals surface area contributed by atoms with E-state index in [1.807, 2.05) is 0 Å². The summed E-state index contributed by atoms with van der Waals surface area (Å²) in [6.45, 7) is 2.14. The van der Waals surface area contributed by atoms with Gasteiger partial charge in [-0.05, 0) is 25.2 Å². The van der Waals surface area contributed by atoms with Crippen LogP contribution >= 0.6 is 12.2 Å². The highest BCUT2D eigenvalue weighted by Crippen LogP contribution is 2.15. The number of nitrogens with one attached hydrogen (secondary N) is 2. The van der Waals surface area contributed by atoms with E-state index in [0.29, 0.717) is 28.7 Å². The van der Waals surface area contributed by atoms with Gasteiger partial charge in [0.15, 0.2) is 5.11 Å². The molecule has 6 heteroatoms. The summed E-state index contributed by atoms with van der Waals surface area (Å²) >= 11 is 4.91. The summed E-state index contributed by atoms with van der Waals surface area (Å²) in [4.78, 5) is 11.3. The molecule has 1 heterocycles. The minimum Gasteiger partial charge on any atom is -0.465 e. The third-order valence-electron chi connectivity index (χ3n) is 2.02. The molecule has 0 aliphatic heterocycles. The van der Waals surface area contributed by atoms with Crippen LogP contribution in [0.4, 0.5) is 0 Å². The quantitative estimate of drug-likeness (QED) is 0.608. The molecular formula is C10H14N2O3S. The molecular weight excluding hydrogens is 228 g/mol. The largest absolute Gasteiger partial charge is 0.465 e. The maximum atomic E-state index is 11.3. The van der Waals surface area contributed by atoms with Gasteiger partial charge in [0, 0.05) is 7.05 Å². The third-order valence-corrected chi connectivity index (χ3v) is 2.37. The second-order valence-corrected chi connectivity index (χ2v) is 3.52. The molecule has 16 heavy (non-hydrogen) atoms. The number of rotatable bonds is 3. The van der Waals surface area contributed by atoms with E-state index in [1.165, 1.54) is 7.11 Å². The molecule has 0 atom stereocenters. The molecule has 2 N–H and O–H groups in total. The van der Waals surface area contributed by atoms with Crippen LogP contribution in [0.5, 0.6) is 0 Å². The van der Waals surface area contributed by atoms with Crippen LogP contribution in [-0.2, 0) is 11.3 Å². The summed E-state index contributed by atoms with van der Waals surface area (Å²) in [5.41, 5.74) is 0.440. The van der Waals surface area contributed by atoms with E-state index >= 15 is 0 Å². The molecule has 0 saturated heterocycles. The highest BCUT2D eigenvalue weighted by Gasteiger charge is 2.14. The number of hydrogen-bond donors (Lipinski definition) is 2. The SMILES string of the molecule is CNC(=S)NCc1cc(C(=O)OC)c(C)o1. The Morgan fingerprint density at radius 2 is 2.31 bits per heavy atom. The molecule has 0 aliphatic rings. The molecule has 88 valence electrons. The van der Waals surface area contributed by atoms with Gasteiger partial charge >= 0.3 is 5.97 Å². The fourth-order valence-corrected chi connectivity index (χ4v) is 1.27. The normalized spacial score (nSPS) is 9.69. The molecule has 1 rings (SSSR count). The van der Waals surface area contributed by atoms with Crippen molar-refractivity contribution in [1.82, 2.24) is 10.6 Å². The molecule has 0 radical (unpaired) electrons. The minimum atomic E-state index is -0.399. The van der Waals surface area contributed by atoms with Crippen molar-refractivity contribution in [3.8, 4) is 0 Å². The molecule has 5 nitrogen and oxygen atoms in total. The van der Waals surface area contributed by atoms with Crippen molar-refractivity contribution in [3.63, 3.8) is 0 Å². The average molecular weight is 242 g/mol. The number of thiocarbonyl (C=S) groups is 1. The van der Waals surface area contributed by atoms with Crippen molar-refractivity contribution in [1.29, 1.82) is 0 Å². The van der Waals surface area contributed by atoms with Gasteiger partial charge in [0.25, 0.3) is 0 Å². The topological polar surface area (TPSA) is 63.5 Å². The third kappa shape index (κ3) is 2.96. The molecule has 0 unspecified atom stereocenters. The maximum Gasteiger partial charge on any atom is 0.341 e. The van der Waals surface area contributed by atoms with Crippen molar-refractivity contribution in [2.45, 2.75) is 13.5 Å². The Hall–Kier alpha value is -1.56. The molecule has 0 bridgehead atoms. The monoisotopic (exact) mass is 242 g/mol. The van der Waals surface area contributed by atoms with E-state index in [9.17, 15) is 4.79 Å². The van der Waals surface area contributed by atoms with Gasteiger partial charge in [-0.15, -0.1) is 0 Å². The summed E-state index contributed by atoms with van der Waals surface area (Å²) < 4.78 is 10.0. The van der Waals surface area contributed by atoms with Crippen LogP contribution < -0.4 is 10.6 Å². The van der Waals surface area contributed by atoms with Gasteiger partial charge in [0.1, 0.15) is 17.1 Å². The van der Waals surface area contributed by atoms with Crippen molar-refractivity contribution in [2.24, 2.45) is 0 Å². The van der Waals surface area contributed by atoms with Gasteiger partial charge in [-0.2, -0.15) is 0 Å². The van der Waals surface area contributed by atoms with Crippen LogP contribution in [0, 0.1) is 6.92 Å². The van der Waals surface area contributed by atoms with E-state index in [-0.39, 0.29) is 0 Å². The summed E-state index contributed by atoms with van der Waals surface area (Å²) in [6.07, 6.45) is 0. The lowest BCUT2D eigenvalue weighted by molar-refractivity contribution is 0.0599. The predicted molar refractivity (Wildman–Crippen MR) is 63.3 cm³/mol. The Kier molecular flexibility index (Phi) is 4.30. The van der Waals surface area contributed by atoms with Gasteiger partial charge in [0.05, 0.1) is 13.7 Å². The first-order valence-electron chi connectivity index (χ1n) is 4.71. The Morgan fingerprint density at radius 1 is 1.62 bits per heavy atom. The van der Waals surface area contributed by atoms with E-state index in [4.69, 9.17) is 16.6 Å². The lowest BCUT2D eigenvalue weighted by Gasteiger charge is -2.03. The van der Waals surface area contributed by atoms with Crippen molar-refractivity contribution in [3.05, 3.63) is 23.2 Å². The molecule has 0 aliphatic carbocycles. The van der Waals surface area contributed by atoms with Gasteiger partial charge < -0.3 is 19.8 Å². The Balaban J connectivity index is 2.69. The molecule has 0 fully saturated rings. The van der Waals surface area contributed by atoms with Crippen LogP contribution in [0.2, 0.25) is 0 Å². The predicted octanol–water partition coefficient (Wildman–Crippen LogP) is 0.969. The fraction of sp³-hybridized carbons (Fsp3) is 0.400. The standard InChI is InChI=1S/C10H14N2O3S/c1-6-8(9(13)14-3)4-7(15-6)5-12-10(16)11-2/h4H,5H2,1-3H3,(H2,11,12,16). The zero-order valence-corrected chi connectivity index (χ0v) is 10.2. The van der Waals surface area contributed by atoms with Crippen LogP contribution in [0.1, 0.15) is 21.9 Å². The van der Waals surface area contributed by atoms with Gasteiger partial charge in [-0.3, -0.25) is 0 Å². The second kappa shape index (κ2) is 5.50. The molecule has 1 aromatic heterocycles. The number of carbonyl (C=O) groups excluding carboxylic acids is 1. The van der Waals surface area contributed by atoms with Crippen molar-refractivity contribution < 1.29 is 13.9 Å². The first-order valence-corrected chi connectivity index (χ1v) is 5.12. The number of aryl methyl sites for hydroxylation is 1.